The van der Waals surface area contributed by atoms with Crippen LogP contribution in [0.3, 0.4) is 0 Å². The lowest BCUT2D eigenvalue weighted by atomic mass is 10.1. The van der Waals surface area contributed by atoms with E-state index in [2.05, 4.69) is 9.97 Å². The Balaban J connectivity index is 1.17. The SMILES string of the molecule is Cn1ccnc1-c1cc2nccc(Oc3ccc(CC(=O)N4CCN(c5ccccc5)C4=O)cc3F)c2s1. The predicted octanol–water partition coefficient (Wildman–Crippen LogP) is 5.64. The number of imide groups is 1. The highest BCUT2D eigenvalue weighted by Crippen LogP contribution is 2.39. The van der Waals surface area contributed by atoms with Gasteiger partial charge in [0.15, 0.2) is 11.6 Å². The Hall–Kier alpha value is -4.57. The van der Waals surface area contributed by atoms with E-state index < -0.39 is 5.82 Å². The van der Waals surface area contributed by atoms with Gasteiger partial charge in [0, 0.05) is 50.5 Å². The summed E-state index contributed by atoms with van der Waals surface area (Å²) >= 11 is 1.47. The number of aryl methyl sites for hydroxylation is 1. The van der Waals surface area contributed by atoms with Crippen LogP contribution >= 0.6 is 11.3 Å². The summed E-state index contributed by atoms with van der Waals surface area (Å²) in [7, 11) is 1.91. The summed E-state index contributed by atoms with van der Waals surface area (Å²) in [5.41, 5.74) is 1.93. The average molecular weight is 528 g/mol. The van der Waals surface area contributed by atoms with Crippen molar-refractivity contribution >= 4 is 39.2 Å². The zero-order valence-corrected chi connectivity index (χ0v) is 21.2. The molecule has 0 aliphatic carbocycles. The number of carbonyl (C=O) groups is 2. The summed E-state index contributed by atoms with van der Waals surface area (Å²) in [6.07, 6.45) is 5.11. The molecule has 1 saturated heterocycles. The van der Waals surface area contributed by atoms with Crippen LogP contribution in [0.25, 0.3) is 20.9 Å². The molecule has 4 heterocycles. The number of carbonyl (C=O) groups excluding carboxylic acids is 2. The second-order valence-electron chi connectivity index (χ2n) is 8.85. The first-order valence-corrected chi connectivity index (χ1v) is 12.8. The third-order valence-electron chi connectivity index (χ3n) is 6.37. The van der Waals surface area contributed by atoms with Crippen LogP contribution in [0.4, 0.5) is 14.9 Å². The van der Waals surface area contributed by atoms with Crippen molar-refractivity contribution in [2.24, 2.45) is 7.05 Å². The first kappa shape index (κ1) is 23.8. The van der Waals surface area contributed by atoms with Crippen molar-refractivity contribution in [3.05, 3.63) is 90.6 Å². The predicted molar refractivity (Wildman–Crippen MR) is 143 cm³/mol. The highest BCUT2D eigenvalue weighted by Gasteiger charge is 2.33. The van der Waals surface area contributed by atoms with E-state index in [4.69, 9.17) is 4.74 Å². The number of aromatic nitrogens is 3. The largest absolute Gasteiger partial charge is 0.453 e. The van der Waals surface area contributed by atoms with Crippen LogP contribution in [-0.4, -0.2) is 44.5 Å². The Kier molecular flexibility index (Phi) is 6.09. The third kappa shape index (κ3) is 4.39. The summed E-state index contributed by atoms with van der Waals surface area (Å²) in [6.45, 7) is 0.704. The zero-order valence-electron chi connectivity index (χ0n) is 20.4. The molecule has 0 spiro atoms. The standard InChI is InChI=1S/C28H22FN5O3S/c1-32-12-11-31-27(32)24-17-21-26(38-24)23(9-10-30-21)37-22-8-7-18(15-20(22)29)16-25(35)34-14-13-33(28(34)36)19-5-3-2-4-6-19/h2-12,15,17H,13-14,16H2,1H3. The van der Waals surface area contributed by atoms with Gasteiger partial charge >= 0.3 is 6.03 Å². The van der Waals surface area contributed by atoms with Crippen molar-refractivity contribution in [2.75, 3.05) is 18.0 Å². The fourth-order valence-electron chi connectivity index (χ4n) is 4.45. The topological polar surface area (TPSA) is 80.6 Å². The summed E-state index contributed by atoms with van der Waals surface area (Å²) < 4.78 is 23.7. The van der Waals surface area contributed by atoms with Crippen molar-refractivity contribution < 1.29 is 18.7 Å². The van der Waals surface area contributed by atoms with Gasteiger partial charge in [-0.15, -0.1) is 11.3 Å². The maximum Gasteiger partial charge on any atom is 0.331 e. The minimum absolute atomic E-state index is 0.0353. The van der Waals surface area contributed by atoms with Gasteiger partial charge in [-0.25, -0.2) is 14.2 Å². The second kappa shape index (κ2) is 9.71. The molecule has 8 nitrogen and oxygen atoms in total. The molecule has 0 radical (unpaired) electrons. The van der Waals surface area contributed by atoms with Gasteiger partial charge in [0.05, 0.1) is 21.5 Å². The fourth-order valence-corrected chi connectivity index (χ4v) is 5.55. The molecule has 0 atom stereocenters. The van der Waals surface area contributed by atoms with E-state index in [-0.39, 0.29) is 30.7 Å². The molecule has 0 unspecified atom stereocenters. The summed E-state index contributed by atoms with van der Waals surface area (Å²) in [5.74, 6) is 0.347. The quantitative estimate of drug-likeness (QED) is 0.286. The van der Waals surface area contributed by atoms with Crippen molar-refractivity contribution in [1.82, 2.24) is 19.4 Å². The van der Waals surface area contributed by atoms with Crippen molar-refractivity contribution in [3.63, 3.8) is 0 Å². The first-order chi connectivity index (χ1) is 18.5. The molecule has 0 N–H and O–H groups in total. The highest BCUT2D eigenvalue weighted by molar-refractivity contribution is 7.22. The van der Waals surface area contributed by atoms with Crippen LogP contribution in [0.2, 0.25) is 0 Å². The number of hydrogen-bond donors (Lipinski definition) is 0. The average Bonchev–Trinajstić information content (AvgIpc) is 3.64. The molecular formula is C28H22FN5O3S. The van der Waals surface area contributed by atoms with Crippen molar-refractivity contribution in [3.8, 4) is 22.2 Å². The number of nitrogens with zero attached hydrogens (tertiary/aromatic N) is 5. The van der Waals surface area contributed by atoms with Crippen LogP contribution in [0, 0.1) is 5.82 Å². The number of anilines is 1. The fraction of sp³-hybridized carbons (Fsp3) is 0.143. The van der Waals surface area contributed by atoms with Crippen LogP contribution in [0.5, 0.6) is 11.5 Å². The van der Waals surface area contributed by atoms with Crippen LogP contribution in [0.1, 0.15) is 5.56 Å². The lowest BCUT2D eigenvalue weighted by Gasteiger charge is -2.17. The Bertz CT molecular complexity index is 1670. The summed E-state index contributed by atoms with van der Waals surface area (Å²) in [4.78, 5) is 38.2. The maximum atomic E-state index is 15.1. The highest BCUT2D eigenvalue weighted by atomic mass is 32.1. The monoisotopic (exact) mass is 527 g/mol. The molecule has 190 valence electrons. The van der Waals surface area contributed by atoms with E-state index >= 15 is 4.39 Å². The molecule has 6 rings (SSSR count). The van der Waals surface area contributed by atoms with Gasteiger partial charge in [-0.2, -0.15) is 0 Å². The Morgan fingerprint density at radius 3 is 2.63 bits per heavy atom. The van der Waals surface area contributed by atoms with Crippen LogP contribution < -0.4 is 9.64 Å². The number of imidazole rings is 1. The number of hydrogen-bond acceptors (Lipinski definition) is 6. The van der Waals surface area contributed by atoms with E-state index in [0.29, 0.717) is 17.9 Å². The molecule has 5 aromatic rings. The van der Waals surface area contributed by atoms with Crippen LogP contribution in [0.15, 0.2) is 79.3 Å². The van der Waals surface area contributed by atoms with Gasteiger partial charge in [-0.3, -0.25) is 19.6 Å². The number of urea groups is 1. The molecule has 3 amide bonds. The van der Waals surface area contributed by atoms with Gasteiger partial charge in [0.1, 0.15) is 11.6 Å². The molecular weight excluding hydrogens is 505 g/mol. The molecule has 38 heavy (non-hydrogen) atoms. The molecule has 1 fully saturated rings. The van der Waals surface area contributed by atoms with Crippen molar-refractivity contribution in [2.45, 2.75) is 6.42 Å². The zero-order chi connectivity index (χ0) is 26.2. The number of halogens is 1. The van der Waals surface area contributed by atoms with E-state index in [0.717, 1.165) is 26.6 Å². The minimum atomic E-state index is -0.597. The van der Waals surface area contributed by atoms with E-state index in [9.17, 15) is 9.59 Å². The lowest BCUT2D eigenvalue weighted by Crippen LogP contribution is -2.37. The minimum Gasteiger partial charge on any atom is -0.453 e. The number of fused-ring (bicyclic) bond motifs is 1. The van der Waals surface area contributed by atoms with E-state index in [1.165, 1.54) is 28.4 Å². The number of rotatable bonds is 6. The maximum absolute atomic E-state index is 15.1. The molecule has 2 aromatic carbocycles. The van der Waals surface area contributed by atoms with Gasteiger partial charge in [0.25, 0.3) is 0 Å². The smallest absolute Gasteiger partial charge is 0.331 e. The summed E-state index contributed by atoms with van der Waals surface area (Å²) in [5, 5.41) is 0. The van der Waals surface area contributed by atoms with Gasteiger partial charge in [-0.1, -0.05) is 24.3 Å². The van der Waals surface area contributed by atoms with E-state index in [1.807, 2.05) is 54.2 Å². The van der Waals surface area contributed by atoms with E-state index in [1.54, 1.807) is 29.4 Å². The number of benzene rings is 2. The Morgan fingerprint density at radius 2 is 1.87 bits per heavy atom. The summed E-state index contributed by atoms with van der Waals surface area (Å²) in [6, 6.07) is 16.9. The van der Waals surface area contributed by atoms with Crippen LogP contribution in [-0.2, 0) is 18.3 Å². The van der Waals surface area contributed by atoms with Gasteiger partial charge < -0.3 is 9.30 Å². The number of para-hydroxylation sites is 1. The normalized spacial score (nSPS) is 13.5. The van der Waals surface area contributed by atoms with Gasteiger partial charge in [0.2, 0.25) is 5.91 Å². The molecule has 10 heteroatoms. The van der Waals surface area contributed by atoms with Crippen molar-refractivity contribution in [1.29, 1.82) is 0 Å². The second-order valence-corrected chi connectivity index (χ2v) is 9.91. The van der Waals surface area contributed by atoms with Gasteiger partial charge in [-0.05, 0) is 35.9 Å². The molecule has 1 aliphatic rings. The number of amides is 3. The Morgan fingerprint density at radius 1 is 1.03 bits per heavy atom. The number of ether oxygens (including phenoxy) is 1. The third-order valence-corrected chi connectivity index (χ3v) is 7.50. The number of pyridine rings is 1. The molecule has 3 aromatic heterocycles. The molecule has 0 saturated carbocycles. The lowest BCUT2D eigenvalue weighted by molar-refractivity contribution is -0.126. The molecule has 1 aliphatic heterocycles. The Labute approximate surface area is 221 Å². The number of thiophene rings is 1. The first-order valence-electron chi connectivity index (χ1n) is 12.0. The molecule has 0 bridgehead atoms.